The Hall–Kier alpha value is -1.71. The summed E-state index contributed by atoms with van der Waals surface area (Å²) in [5.74, 6) is -2.62. The molecule has 0 aliphatic rings. The molecule has 1 aromatic carbocycles. The summed E-state index contributed by atoms with van der Waals surface area (Å²) in [4.78, 5) is 11.5. The molecule has 0 aliphatic heterocycles. The Morgan fingerprint density at radius 1 is 1.13 bits per heavy atom. The number of rotatable bonds is 4. The molecule has 0 spiro atoms. The van der Waals surface area contributed by atoms with Crippen molar-refractivity contribution in [2.75, 3.05) is 21.1 Å². The molecular formula is C11H14O4. The number of benzene rings is 1. The van der Waals surface area contributed by atoms with Gasteiger partial charge in [-0.05, 0) is 19.1 Å². The maximum absolute atomic E-state index is 11.5. The van der Waals surface area contributed by atoms with E-state index in [2.05, 4.69) is 14.2 Å². The van der Waals surface area contributed by atoms with Crippen molar-refractivity contribution in [2.45, 2.75) is 6.92 Å². The first-order valence-electron chi connectivity index (χ1n) is 8.33. The van der Waals surface area contributed by atoms with Gasteiger partial charge in [-0.3, -0.25) is 4.79 Å². The Morgan fingerprint density at radius 2 is 1.67 bits per heavy atom. The summed E-state index contributed by atoms with van der Waals surface area (Å²) < 4.78 is 77.9. The van der Waals surface area contributed by atoms with Crippen LogP contribution in [-0.2, 0) is 0 Å². The van der Waals surface area contributed by atoms with Crippen LogP contribution in [0.4, 0.5) is 0 Å². The third-order valence-corrected chi connectivity index (χ3v) is 1.75. The number of hydrogen-bond donors (Lipinski definition) is 0. The van der Waals surface area contributed by atoms with Gasteiger partial charge in [0.2, 0.25) is 5.75 Å². The van der Waals surface area contributed by atoms with Crippen LogP contribution in [0.2, 0.25) is 0 Å². The largest absolute Gasteiger partial charge is 0.493 e. The van der Waals surface area contributed by atoms with Gasteiger partial charge >= 0.3 is 0 Å². The second kappa shape index (κ2) is 4.68. The molecule has 1 rings (SSSR count). The third kappa shape index (κ3) is 2.21. The monoisotopic (exact) mass is 219 g/mol. The fourth-order valence-corrected chi connectivity index (χ4v) is 1.03. The van der Waals surface area contributed by atoms with Crippen LogP contribution in [0.1, 0.15) is 29.6 Å². The molecular weight excluding hydrogens is 196 g/mol. The molecule has 0 bridgehead atoms. The van der Waals surface area contributed by atoms with Crippen LogP contribution < -0.4 is 14.2 Å². The van der Waals surface area contributed by atoms with Crippen molar-refractivity contribution < 1.29 is 31.3 Å². The van der Waals surface area contributed by atoms with Crippen LogP contribution in [0.25, 0.3) is 0 Å². The van der Waals surface area contributed by atoms with E-state index in [1.54, 1.807) is 0 Å². The third-order valence-electron chi connectivity index (χ3n) is 1.75. The SMILES string of the molecule is [2H]C([2H])([2H])Oc1cc(C(C)=O)cc(OC([2H])([2H])[2H])c1OC([2H])([2H])[2H]. The van der Waals surface area contributed by atoms with E-state index >= 15 is 0 Å². The van der Waals surface area contributed by atoms with Gasteiger partial charge in [-0.1, -0.05) is 0 Å². The quantitative estimate of drug-likeness (QED) is 0.726. The zero-order chi connectivity index (χ0) is 18.9. The van der Waals surface area contributed by atoms with Gasteiger partial charge in [-0.15, -0.1) is 0 Å². The number of Topliss-reactive ketones (excluding diaryl/α,β-unsaturated/α-hetero) is 1. The van der Waals surface area contributed by atoms with Crippen LogP contribution in [0.5, 0.6) is 17.2 Å². The Morgan fingerprint density at radius 3 is 2.07 bits per heavy atom. The second-order valence-electron chi connectivity index (χ2n) is 2.66. The van der Waals surface area contributed by atoms with E-state index in [-0.39, 0.29) is 5.56 Å². The van der Waals surface area contributed by atoms with Crippen LogP contribution in [0.3, 0.4) is 0 Å². The maximum Gasteiger partial charge on any atom is 0.203 e. The van der Waals surface area contributed by atoms with E-state index in [0.29, 0.717) is 0 Å². The standard InChI is InChI=1S/C11H14O4/c1-7(12)8-5-9(13-2)11(15-4)10(6-8)14-3/h5-6H,1-4H3/i2D3,3D3,4D3. The molecule has 4 heteroatoms. The van der Waals surface area contributed by atoms with E-state index in [0.717, 1.165) is 19.1 Å². The predicted octanol–water partition coefficient (Wildman–Crippen LogP) is 1.91. The summed E-state index contributed by atoms with van der Waals surface area (Å²) in [7, 11) is -9.05. The molecule has 0 fully saturated rings. The first-order valence-corrected chi connectivity index (χ1v) is 3.83. The van der Waals surface area contributed by atoms with Gasteiger partial charge < -0.3 is 14.2 Å². The predicted molar refractivity (Wildman–Crippen MR) is 56.1 cm³/mol. The van der Waals surface area contributed by atoms with E-state index < -0.39 is 44.1 Å². The van der Waals surface area contributed by atoms with E-state index in [9.17, 15) is 4.79 Å². The topological polar surface area (TPSA) is 44.8 Å². The number of ketones is 1. The van der Waals surface area contributed by atoms with Crippen molar-refractivity contribution in [3.8, 4) is 17.2 Å². The maximum atomic E-state index is 11.5. The van der Waals surface area contributed by atoms with Crippen molar-refractivity contribution in [1.82, 2.24) is 0 Å². The van der Waals surface area contributed by atoms with Gasteiger partial charge in [0, 0.05) is 5.56 Å². The fourth-order valence-electron chi connectivity index (χ4n) is 1.03. The number of methoxy groups -OCH3 is 3. The average Bonchev–Trinajstić information content (AvgIpc) is 2.27. The molecule has 0 saturated carbocycles. The van der Waals surface area contributed by atoms with E-state index in [1.807, 2.05) is 0 Å². The molecule has 0 radical (unpaired) electrons. The lowest BCUT2D eigenvalue weighted by Gasteiger charge is -2.12. The minimum absolute atomic E-state index is 0.147. The van der Waals surface area contributed by atoms with Crippen molar-refractivity contribution in [3.63, 3.8) is 0 Å². The molecule has 0 amide bonds. The zero-order valence-electron chi connectivity index (χ0n) is 16.8. The van der Waals surface area contributed by atoms with E-state index in [4.69, 9.17) is 12.3 Å². The van der Waals surface area contributed by atoms with Crippen molar-refractivity contribution in [3.05, 3.63) is 17.7 Å². The molecule has 0 N–H and O–H groups in total. The molecule has 15 heavy (non-hydrogen) atoms. The van der Waals surface area contributed by atoms with Crippen LogP contribution in [0.15, 0.2) is 12.1 Å². The van der Waals surface area contributed by atoms with Crippen molar-refractivity contribution in [2.24, 2.45) is 0 Å². The molecule has 0 aliphatic carbocycles. The van der Waals surface area contributed by atoms with Gasteiger partial charge in [0.25, 0.3) is 0 Å². The highest BCUT2D eigenvalue weighted by molar-refractivity contribution is 5.95. The average molecular weight is 219 g/mol. The van der Waals surface area contributed by atoms with Gasteiger partial charge in [0.1, 0.15) is 0 Å². The number of hydrogen-bond acceptors (Lipinski definition) is 4. The summed E-state index contributed by atoms with van der Waals surface area (Å²) >= 11 is 0. The highest BCUT2D eigenvalue weighted by atomic mass is 16.5. The highest BCUT2D eigenvalue weighted by Gasteiger charge is 2.14. The Labute approximate surface area is 101 Å². The molecule has 0 aromatic heterocycles. The molecule has 0 unspecified atom stereocenters. The van der Waals surface area contributed by atoms with Crippen molar-refractivity contribution >= 4 is 5.78 Å². The Bertz CT molecular complexity index is 578. The highest BCUT2D eigenvalue weighted by Crippen LogP contribution is 2.38. The smallest absolute Gasteiger partial charge is 0.203 e. The number of carbonyl (C=O) groups is 1. The summed E-state index contributed by atoms with van der Waals surface area (Å²) in [6, 6.07) is 1.87. The van der Waals surface area contributed by atoms with Gasteiger partial charge in [0.05, 0.1) is 33.5 Å². The minimum atomic E-state index is -3.04. The van der Waals surface area contributed by atoms with E-state index in [1.165, 1.54) is 0 Å². The summed E-state index contributed by atoms with van der Waals surface area (Å²) in [5.41, 5.74) is -0.147. The first-order chi connectivity index (χ1) is 10.6. The normalized spacial score (nSPS) is 21.0. The van der Waals surface area contributed by atoms with Gasteiger partial charge in [-0.2, -0.15) is 0 Å². The lowest BCUT2D eigenvalue weighted by atomic mass is 10.1. The zero-order valence-corrected chi connectivity index (χ0v) is 7.79. The minimum Gasteiger partial charge on any atom is -0.493 e. The molecule has 1 aromatic rings. The molecule has 0 atom stereocenters. The Balaban J connectivity index is 3.58. The van der Waals surface area contributed by atoms with Crippen LogP contribution >= 0.6 is 0 Å². The number of ether oxygens (including phenoxy) is 3. The summed E-state index contributed by atoms with van der Waals surface area (Å²) in [5, 5.41) is 0. The number of carbonyl (C=O) groups excluding carboxylic acids is 1. The van der Waals surface area contributed by atoms with Gasteiger partial charge in [-0.25, -0.2) is 0 Å². The lowest BCUT2D eigenvalue weighted by molar-refractivity contribution is 0.101. The summed E-state index contributed by atoms with van der Waals surface area (Å²) in [6.45, 7) is 1.14. The molecule has 0 heterocycles. The molecule has 0 saturated heterocycles. The van der Waals surface area contributed by atoms with Crippen LogP contribution in [0, 0.1) is 0 Å². The lowest BCUT2D eigenvalue weighted by Crippen LogP contribution is -1.99. The Kier molecular flexibility index (Phi) is 1.26. The molecule has 82 valence electrons. The van der Waals surface area contributed by atoms with Gasteiger partial charge in [0.15, 0.2) is 17.3 Å². The van der Waals surface area contributed by atoms with Crippen LogP contribution in [-0.4, -0.2) is 26.9 Å². The van der Waals surface area contributed by atoms with Crippen molar-refractivity contribution in [1.29, 1.82) is 0 Å². The summed E-state index contributed by atoms with van der Waals surface area (Å²) in [6.07, 6.45) is 0. The molecule has 4 nitrogen and oxygen atoms in total. The first kappa shape index (κ1) is 4.04. The second-order valence-corrected chi connectivity index (χ2v) is 2.66. The fraction of sp³-hybridized carbons (Fsp3) is 0.364.